The highest BCUT2D eigenvalue weighted by molar-refractivity contribution is 7.92. The van der Waals surface area contributed by atoms with E-state index in [1.165, 1.54) is 6.07 Å². The average Bonchev–Trinajstić information content (AvgIpc) is 2.77. The van der Waals surface area contributed by atoms with Gasteiger partial charge < -0.3 is 5.11 Å². The van der Waals surface area contributed by atoms with E-state index in [9.17, 15) is 13.2 Å². The molecule has 19 heavy (non-hydrogen) atoms. The van der Waals surface area contributed by atoms with Gasteiger partial charge in [0.2, 0.25) is 10.0 Å². The van der Waals surface area contributed by atoms with Crippen LogP contribution in [-0.2, 0) is 10.0 Å². The molecule has 0 radical (unpaired) electrons. The van der Waals surface area contributed by atoms with Crippen LogP contribution in [0.25, 0.3) is 0 Å². The van der Waals surface area contributed by atoms with Crippen LogP contribution in [0.5, 0.6) is 0 Å². The molecule has 0 bridgehead atoms. The summed E-state index contributed by atoms with van der Waals surface area (Å²) in [7, 11) is -3.62. The summed E-state index contributed by atoms with van der Waals surface area (Å²) in [5.41, 5.74) is 0.384. The van der Waals surface area contributed by atoms with Crippen molar-refractivity contribution >= 4 is 38.0 Å². The number of hydrogen-bond acceptors (Lipinski definition) is 4. The standard InChI is InChI=1S/C12H11NO4S2/c1-19(16,17)13(9-5-3-2-4-6-9)11-10(12(14)15)7-8-18-11/h2-8H,1H3,(H,14,15). The van der Waals surface area contributed by atoms with Gasteiger partial charge in [-0.2, -0.15) is 0 Å². The van der Waals surface area contributed by atoms with Crippen molar-refractivity contribution in [2.75, 3.05) is 10.6 Å². The van der Waals surface area contributed by atoms with Crippen molar-refractivity contribution in [3.63, 3.8) is 0 Å². The third-order valence-corrected chi connectivity index (χ3v) is 4.45. The Kier molecular flexibility index (Phi) is 3.59. The lowest BCUT2D eigenvalue weighted by Gasteiger charge is -2.21. The molecular weight excluding hydrogens is 286 g/mol. The van der Waals surface area contributed by atoms with Crippen molar-refractivity contribution in [3.05, 3.63) is 47.3 Å². The number of thiophene rings is 1. The van der Waals surface area contributed by atoms with E-state index in [1.54, 1.807) is 35.7 Å². The van der Waals surface area contributed by atoms with Crippen molar-refractivity contribution in [3.8, 4) is 0 Å². The number of rotatable bonds is 4. The molecule has 0 amide bonds. The van der Waals surface area contributed by atoms with Crippen LogP contribution in [0, 0.1) is 0 Å². The Morgan fingerprint density at radius 3 is 2.37 bits per heavy atom. The van der Waals surface area contributed by atoms with E-state index in [1.807, 2.05) is 0 Å². The second-order valence-corrected chi connectivity index (χ2v) is 6.53. The molecule has 0 unspecified atom stereocenters. The van der Waals surface area contributed by atoms with Gasteiger partial charge >= 0.3 is 5.97 Å². The summed E-state index contributed by atoms with van der Waals surface area (Å²) in [5.74, 6) is -1.15. The van der Waals surface area contributed by atoms with Gasteiger partial charge in [0.1, 0.15) is 5.00 Å². The van der Waals surface area contributed by atoms with Crippen LogP contribution in [0.3, 0.4) is 0 Å². The second-order valence-electron chi connectivity index (χ2n) is 3.81. The first kappa shape index (κ1) is 13.6. The zero-order chi connectivity index (χ0) is 14.0. The topological polar surface area (TPSA) is 74.7 Å². The van der Waals surface area contributed by atoms with Crippen LogP contribution in [0.1, 0.15) is 10.4 Å². The van der Waals surface area contributed by atoms with E-state index < -0.39 is 16.0 Å². The third-order valence-electron chi connectivity index (χ3n) is 2.38. The Morgan fingerprint density at radius 1 is 1.21 bits per heavy atom. The molecule has 0 atom stereocenters. The van der Waals surface area contributed by atoms with Crippen LogP contribution >= 0.6 is 11.3 Å². The molecule has 7 heteroatoms. The minimum atomic E-state index is -3.62. The number of aromatic carboxylic acids is 1. The van der Waals surface area contributed by atoms with Crippen LogP contribution in [-0.4, -0.2) is 25.7 Å². The number of carboxylic acids is 1. The number of carbonyl (C=O) groups is 1. The Morgan fingerprint density at radius 2 is 1.84 bits per heavy atom. The maximum absolute atomic E-state index is 11.9. The fourth-order valence-electron chi connectivity index (χ4n) is 1.64. The molecule has 0 aliphatic rings. The number of carboxylic acid groups (broad SMARTS) is 1. The molecule has 1 heterocycles. The van der Waals surface area contributed by atoms with Gasteiger partial charge in [0.15, 0.2) is 0 Å². The quantitative estimate of drug-likeness (QED) is 0.941. The largest absolute Gasteiger partial charge is 0.478 e. The first-order valence-electron chi connectivity index (χ1n) is 5.27. The molecule has 0 aliphatic heterocycles. The van der Waals surface area contributed by atoms with Crippen molar-refractivity contribution < 1.29 is 18.3 Å². The lowest BCUT2D eigenvalue weighted by Crippen LogP contribution is -2.25. The van der Waals surface area contributed by atoms with E-state index in [0.717, 1.165) is 21.9 Å². The van der Waals surface area contributed by atoms with Gasteiger partial charge in [-0.3, -0.25) is 0 Å². The summed E-state index contributed by atoms with van der Waals surface area (Å²) in [6, 6.07) is 9.78. The van der Waals surface area contributed by atoms with Gasteiger partial charge in [0.25, 0.3) is 0 Å². The molecule has 2 rings (SSSR count). The molecule has 2 aromatic rings. The van der Waals surface area contributed by atoms with E-state index in [-0.39, 0.29) is 10.6 Å². The Hall–Kier alpha value is -1.86. The predicted molar refractivity (Wildman–Crippen MR) is 74.7 cm³/mol. The van der Waals surface area contributed by atoms with Gasteiger partial charge in [-0.15, -0.1) is 11.3 Å². The monoisotopic (exact) mass is 297 g/mol. The average molecular weight is 297 g/mol. The zero-order valence-electron chi connectivity index (χ0n) is 9.98. The van der Waals surface area contributed by atoms with Crippen LogP contribution in [0.15, 0.2) is 41.8 Å². The number of benzene rings is 1. The number of hydrogen-bond donors (Lipinski definition) is 1. The molecule has 0 saturated heterocycles. The second kappa shape index (κ2) is 5.02. The summed E-state index contributed by atoms with van der Waals surface area (Å²) < 4.78 is 24.9. The summed E-state index contributed by atoms with van der Waals surface area (Å²) in [6.45, 7) is 0. The highest BCUT2D eigenvalue weighted by atomic mass is 32.2. The van der Waals surface area contributed by atoms with Gasteiger partial charge in [-0.1, -0.05) is 18.2 Å². The van der Waals surface area contributed by atoms with Crippen LogP contribution in [0.2, 0.25) is 0 Å². The fourth-order valence-corrected chi connectivity index (χ4v) is 3.90. The van der Waals surface area contributed by atoms with Gasteiger partial charge in [-0.05, 0) is 23.6 Å². The molecule has 100 valence electrons. The van der Waals surface area contributed by atoms with E-state index in [4.69, 9.17) is 5.11 Å². The Balaban J connectivity index is 2.64. The van der Waals surface area contributed by atoms with Crippen molar-refractivity contribution in [1.82, 2.24) is 0 Å². The van der Waals surface area contributed by atoms with Gasteiger partial charge in [0.05, 0.1) is 17.5 Å². The van der Waals surface area contributed by atoms with E-state index in [0.29, 0.717) is 5.69 Å². The molecule has 0 saturated carbocycles. The fraction of sp³-hybridized carbons (Fsp3) is 0.0833. The smallest absolute Gasteiger partial charge is 0.338 e. The minimum Gasteiger partial charge on any atom is -0.478 e. The Bertz CT molecular complexity index is 692. The van der Waals surface area contributed by atoms with Crippen molar-refractivity contribution in [1.29, 1.82) is 0 Å². The van der Waals surface area contributed by atoms with Crippen LogP contribution in [0.4, 0.5) is 10.7 Å². The number of nitrogens with zero attached hydrogens (tertiary/aromatic N) is 1. The summed E-state index contributed by atoms with van der Waals surface area (Å²) in [5, 5.41) is 10.8. The molecule has 0 aliphatic carbocycles. The summed E-state index contributed by atoms with van der Waals surface area (Å²) in [6.07, 6.45) is 1.05. The van der Waals surface area contributed by atoms with Gasteiger partial charge in [0, 0.05) is 0 Å². The minimum absolute atomic E-state index is 0.0284. The molecule has 1 aromatic carbocycles. The highest BCUT2D eigenvalue weighted by Crippen LogP contribution is 2.35. The summed E-state index contributed by atoms with van der Waals surface area (Å²) in [4.78, 5) is 11.1. The maximum atomic E-state index is 11.9. The molecule has 5 nitrogen and oxygen atoms in total. The predicted octanol–water partition coefficient (Wildman–Crippen LogP) is 2.54. The van der Waals surface area contributed by atoms with E-state index in [2.05, 4.69) is 0 Å². The Labute approximate surface area is 114 Å². The third kappa shape index (κ3) is 2.77. The highest BCUT2D eigenvalue weighted by Gasteiger charge is 2.25. The van der Waals surface area contributed by atoms with E-state index >= 15 is 0 Å². The first-order valence-corrected chi connectivity index (χ1v) is 8.00. The number of para-hydroxylation sites is 1. The van der Waals surface area contributed by atoms with Crippen molar-refractivity contribution in [2.24, 2.45) is 0 Å². The lowest BCUT2D eigenvalue weighted by molar-refractivity contribution is 0.0698. The first-order chi connectivity index (χ1) is 8.91. The summed E-state index contributed by atoms with van der Waals surface area (Å²) >= 11 is 1.07. The van der Waals surface area contributed by atoms with Crippen LogP contribution < -0.4 is 4.31 Å². The molecule has 1 aromatic heterocycles. The van der Waals surface area contributed by atoms with Crippen molar-refractivity contribution in [2.45, 2.75) is 0 Å². The number of anilines is 2. The lowest BCUT2D eigenvalue weighted by atomic mass is 10.3. The maximum Gasteiger partial charge on any atom is 0.338 e. The van der Waals surface area contributed by atoms with Gasteiger partial charge in [-0.25, -0.2) is 17.5 Å². The molecule has 0 spiro atoms. The molecular formula is C12H11NO4S2. The normalized spacial score (nSPS) is 11.2. The molecule has 1 N–H and O–H groups in total. The molecule has 0 fully saturated rings. The number of sulfonamides is 1. The zero-order valence-corrected chi connectivity index (χ0v) is 11.6. The SMILES string of the molecule is CS(=O)(=O)N(c1ccccc1)c1sccc1C(=O)O.